The molecule has 0 unspecified atom stereocenters. The minimum absolute atomic E-state index is 1.23. The first-order valence-electron chi connectivity index (χ1n) is 12.1. The van der Waals surface area contributed by atoms with Crippen molar-refractivity contribution in [3.8, 4) is 44.5 Å². The van der Waals surface area contributed by atoms with Crippen LogP contribution in [-0.2, 0) is 0 Å². The monoisotopic (exact) mass is 446 g/mol. The fraction of sp³-hybridized carbons (Fsp3) is 0.0286. The van der Waals surface area contributed by atoms with E-state index < -0.39 is 0 Å². The Balaban J connectivity index is 1.93. The molecule has 0 aromatic heterocycles. The molecule has 0 heteroatoms. The van der Waals surface area contributed by atoms with Crippen LogP contribution in [0.15, 0.2) is 140 Å². The molecule has 0 aliphatic rings. The van der Waals surface area contributed by atoms with Crippen LogP contribution >= 0.6 is 0 Å². The molecule has 0 amide bonds. The number of fused-ring (bicyclic) bond motifs is 1. The van der Waals surface area contributed by atoms with Crippen molar-refractivity contribution in [2.75, 3.05) is 0 Å². The third-order valence-corrected chi connectivity index (χ3v) is 6.79. The highest BCUT2D eigenvalue weighted by atomic mass is 14.3. The molecule has 0 aliphatic heterocycles. The van der Waals surface area contributed by atoms with Gasteiger partial charge < -0.3 is 0 Å². The van der Waals surface area contributed by atoms with E-state index in [1.165, 1.54) is 60.8 Å². The first-order valence-corrected chi connectivity index (χ1v) is 12.1. The van der Waals surface area contributed by atoms with Crippen molar-refractivity contribution in [2.24, 2.45) is 0 Å². The van der Waals surface area contributed by atoms with Gasteiger partial charge in [0.1, 0.15) is 0 Å². The Hall–Kier alpha value is -4.42. The Morgan fingerprint density at radius 1 is 0.314 bits per heavy atom. The standard InChI is InChI=1S/C35H26/c1-25-15-14-24-30-31(25)33(27-18-8-3-9-19-27)35(29-22-12-5-13-23-29)34(28-20-10-4-11-21-28)32(30)26-16-6-2-7-17-26/h2-24H,1H3. The average molecular weight is 447 g/mol. The van der Waals surface area contributed by atoms with Crippen LogP contribution in [0.25, 0.3) is 55.3 Å². The number of aryl methyl sites for hydroxylation is 1. The van der Waals surface area contributed by atoms with Crippen LogP contribution in [0.2, 0.25) is 0 Å². The molecule has 35 heavy (non-hydrogen) atoms. The van der Waals surface area contributed by atoms with Gasteiger partial charge in [0.2, 0.25) is 0 Å². The molecule has 6 rings (SSSR count). The molecule has 0 bridgehead atoms. The highest BCUT2D eigenvalue weighted by Gasteiger charge is 2.24. The lowest BCUT2D eigenvalue weighted by Crippen LogP contribution is -1.98. The maximum absolute atomic E-state index is 2.29. The van der Waals surface area contributed by atoms with Crippen molar-refractivity contribution >= 4 is 10.8 Å². The zero-order valence-electron chi connectivity index (χ0n) is 19.8. The van der Waals surface area contributed by atoms with E-state index in [1.54, 1.807) is 0 Å². The van der Waals surface area contributed by atoms with E-state index in [0.717, 1.165) is 0 Å². The molecule has 6 aromatic carbocycles. The number of hydrogen-bond acceptors (Lipinski definition) is 0. The number of hydrogen-bond donors (Lipinski definition) is 0. The predicted octanol–water partition coefficient (Wildman–Crippen LogP) is 9.82. The summed E-state index contributed by atoms with van der Waals surface area (Å²) in [5.41, 5.74) is 11.4. The summed E-state index contributed by atoms with van der Waals surface area (Å²) in [5, 5.41) is 2.60. The Labute approximate surface area is 207 Å². The van der Waals surface area contributed by atoms with Gasteiger partial charge in [-0.15, -0.1) is 0 Å². The average Bonchev–Trinajstić information content (AvgIpc) is 2.94. The molecule has 0 nitrogen and oxygen atoms in total. The first-order chi connectivity index (χ1) is 17.3. The third kappa shape index (κ3) is 3.74. The maximum atomic E-state index is 2.29. The highest BCUT2D eigenvalue weighted by molar-refractivity contribution is 6.19. The molecule has 0 radical (unpaired) electrons. The highest BCUT2D eigenvalue weighted by Crippen LogP contribution is 2.51. The Kier molecular flexibility index (Phi) is 5.48. The van der Waals surface area contributed by atoms with E-state index in [9.17, 15) is 0 Å². The Bertz CT molecular complexity index is 1600. The Morgan fingerprint density at radius 3 is 1.14 bits per heavy atom. The van der Waals surface area contributed by atoms with E-state index in [-0.39, 0.29) is 0 Å². The molecule has 0 aliphatic carbocycles. The van der Waals surface area contributed by atoms with Gasteiger partial charge in [-0.3, -0.25) is 0 Å². The van der Waals surface area contributed by atoms with E-state index >= 15 is 0 Å². The van der Waals surface area contributed by atoms with Gasteiger partial charge in [-0.2, -0.15) is 0 Å². The van der Waals surface area contributed by atoms with Crippen molar-refractivity contribution in [3.63, 3.8) is 0 Å². The van der Waals surface area contributed by atoms with Gasteiger partial charge in [-0.05, 0) is 67.8 Å². The summed E-state index contributed by atoms with van der Waals surface area (Å²) in [4.78, 5) is 0. The Morgan fingerprint density at radius 2 is 0.686 bits per heavy atom. The summed E-state index contributed by atoms with van der Waals surface area (Å²) < 4.78 is 0. The molecule has 0 saturated heterocycles. The minimum atomic E-state index is 1.23. The van der Waals surface area contributed by atoms with Crippen LogP contribution in [0.3, 0.4) is 0 Å². The van der Waals surface area contributed by atoms with E-state index in [2.05, 4.69) is 146 Å². The van der Waals surface area contributed by atoms with Crippen molar-refractivity contribution in [1.29, 1.82) is 0 Å². The molecule has 6 aromatic rings. The van der Waals surface area contributed by atoms with Gasteiger partial charge >= 0.3 is 0 Å². The number of rotatable bonds is 4. The normalized spacial score (nSPS) is 11.0. The molecule has 0 heterocycles. The molecule has 0 saturated carbocycles. The summed E-state index contributed by atoms with van der Waals surface area (Å²) in [6, 6.07) is 50.1. The van der Waals surface area contributed by atoms with Crippen LogP contribution in [-0.4, -0.2) is 0 Å². The molecular formula is C35H26. The summed E-state index contributed by atoms with van der Waals surface area (Å²) in [7, 11) is 0. The van der Waals surface area contributed by atoms with Gasteiger partial charge in [0.05, 0.1) is 0 Å². The van der Waals surface area contributed by atoms with Crippen LogP contribution < -0.4 is 0 Å². The second-order valence-corrected chi connectivity index (χ2v) is 8.96. The zero-order valence-corrected chi connectivity index (χ0v) is 19.8. The zero-order chi connectivity index (χ0) is 23.6. The number of benzene rings is 6. The summed E-state index contributed by atoms with van der Waals surface area (Å²) in [6.07, 6.45) is 0. The predicted molar refractivity (Wildman–Crippen MR) is 150 cm³/mol. The lowest BCUT2D eigenvalue weighted by molar-refractivity contribution is 1.51. The molecule has 166 valence electrons. The molecule has 0 fully saturated rings. The van der Waals surface area contributed by atoms with Gasteiger partial charge in [0, 0.05) is 0 Å². The summed E-state index contributed by atoms with van der Waals surface area (Å²) >= 11 is 0. The van der Waals surface area contributed by atoms with Crippen LogP contribution in [0.4, 0.5) is 0 Å². The quantitative estimate of drug-likeness (QED) is 0.253. The van der Waals surface area contributed by atoms with E-state index in [0.29, 0.717) is 0 Å². The fourth-order valence-corrected chi connectivity index (χ4v) is 5.30. The minimum Gasteiger partial charge on any atom is -0.0622 e. The second-order valence-electron chi connectivity index (χ2n) is 8.96. The smallest absolute Gasteiger partial charge is 0.00140 e. The molecular weight excluding hydrogens is 420 g/mol. The van der Waals surface area contributed by atoms with Gasteiger partial charge in [-0.25, -0.2) is 0 Å². The second kappa shape index (κ2) is 9.08. The summed E-state index contributed by atoms with van der Waals surface area (Å²) in [5.74, 6) is 0. The lowest BCUT2D eigenvalue weighted by atomic mass is 9.78. The summed E-state index contributed by atoms with van der Waals surface area (Å²) in [6.45, 7) is 2.24. The van der Waals surface area contributed by atoms with Crippen molar-refractivity contribution in [1.82, 2.24) is 0 Å². The molecule has 0 N–H and O–H groups in total. The first kappa shape index (κ1) is 21.1. The van der Waals surface area contributed by atoms with E-state index in [1.807, 2.05) is 0 Å². The SMILES string of the molecule is Cc1cccc2c(-c3ccccc3)c(-c3ccccc3)c(-c3ccccc3)c(-c3ccccc3)c12. The van der Waals surface area contributed by atoms with Gasteiger partial charge in [0.15, 0.2) is 0 Å². The van der Waals surface area contributed by atoms with Crippen molar-refractivity contribution < 1.29 is 0 Å². The van der Waals surface area contributed by atoms with Crippen LogP contribution in [0, 0.1) is 6.92 Å². The third-order valence-electron chi connectivity index (χ3n) is 6.79. The maximum Gasteiger partial charge on any atom is -0.00140 e. The van der Waals surface area contributed by atoms with Crippen molar-refractivity contribution in [2.45, 2.75) is 6.92 Å². The fourth-order valence-electron chi connectivity index (χ4n) is 5.30. The lowest BCUT2D eigenvalue weighted by Gasteiger charge is -2.25. The topological polar surface area (TPSA) is 0 Å². The van der Waals surface area contributed by atoms with Gasteiger partial charge in [0.25, 0.3) is 0 Å². The largest absolute Gasteiger partial charge is 0.0622 e. The van der Waals surface area contributed by atoms with Crippen LogP contribution in [0.1, 0.15) is 5.56 Å². The van der Waals surface area contributed by atoms with Gasteiger partial charge in [-0.1, -0.05) is 140 Å². The molecule has 0 atom stereocenters. The van der Waals surface area contributed by atoms with Crippen LogP contribution in [0.5, 0.6) is 0 Å². The van der Waals surface area contributed by atoms with Crippen molar-refractivity contribution in [3.05, 3.63) is 145 Å². The van der Waals surface area contributed by atoms with E-state index in [4.69, 9.17) is 0 Å². The molecule has 0 spiro atoms.